The van der Waals surface area contributed by atoms with Crippen molar-refractivity contribution in [3.63, 3.8) is 0 Å². The molecule has 0 spiro atoms. The lowest BCUT2D eigenvalue weighted by Gasteiger charge is -1.97. The van der Waals surface area contributed by atoms with Gasteiger partial charge in [0.1, 0.15) is 10.7 Å². The van der Waals surface area contributed by atoms with Crippen LogP contribution in [0.5, 0.6) is 0 Å². The maximum absolute atomic E-state index is 5.68. The van der Waals surface area contributed by atoms with Gasteiger partial charge >= 0.3 is 0 Å². The summed E-state index contributed by atoms with van der Waals surface area (Å²) in [5, 5.41) is 1.13. The zero-order chi connectivity index (χ0) is 9.42. The number of hydrogen-bond donors (Lipinski definition) is 0. The van der Waals surface area contributed by atoms with Crippen LogP contribution in [0.4, 0.5) is 0 Å². The molecule has 0 N–H and O–H groups in total. The van der Waals surface area contributed by atoms with E-state index < -0.39 is 0 Å². The smallest absolute Gasteiger partial charge is 0.145 e. The molecular formula is C8H8ClN2PS. The molecule has 0 aliphatic carbocycles. The van der Waals surface area contributed by atoms with Gasteiger partial charge in [-0.1, -0.05) is 9.24 Å². The molecule has 68 valence electrons. The van der Waals surface area contributed by atoms with Gasteiger partial charge in [0, 0.05) is 15.7 Å². The van der Waals surface area contributed by atoms with Gasteiger partial charge < -0.3 is 0 Å². The molecule has 2 nitrogen and oxygen atoms in total. The lowest BCUT2D eigenvalue weighted by atomic mass is 10.3. The molecule has 2 aromatic heterocycles. The number of rotatable bonds is 1. The Morgan fingerprint density at radius 2 is 2.31 bits per heavy atom. The van der Waals surface area contributed by atoms with Crippen LogP contribution in [0.1, 0.15) is 11.5 Å². The molecule has 0 aliphatic rings. The summed E-state index contributed by atoms with van der Waals surface area (Å²) in [4.78, 5) is 9.65. The molecule has 0 radical (unpaired) electrons. The van der Waals surface area contributed by atoms with Crippen molar-refractivity contribution < 1.29 is 0 Å². The highest BCUT2D eigenvalue weighted by molar-refractivity contribution is 7.45. The average Bonchev–Trinajstić information content (AvgIpc) is 2.46. The first kappa shape index (κ1) is 9.32. The van der Waals surface area contributed by atoms with Crippen molar-refractivity contribution in [1.82, 2.24) is 9.97 Å². The molecule has 0 bridgehead atoms. The Balaban J connectivity index is 2.75. The molecule has 2 rings (SSSR count). The van der Waals surface area contributed by atoms with E-state index >= 15 is 0 Å². The van der Waals surface area contributed by atoms with E-state index in [0.29, 0.717) is 11.7 Å². The molecule has 0 saturated carbocycles. The van der Waals surface area contributed by atoms with Gasteiger partial charge in [-0.3, -0.25) is 0 Å². The Hall–Kier alpha value is -0.240. The molecule has 2 aromatic rings. The summed E-state index contributed by atoms with van der Waals surface area (Å²) in [6, 6.07) is 2.08. The summed E-state index contributed by atoms with van der Waals surface area (Å²) in [5.41, 5.74) is 1.01. The lowest BCUT2D eigenvalue weighted by Crippen LogP contribution is -1.93. The molecule has 0 amide bonds. The van der Waals surface area contributed by atoms with Crippen molar-refractivity contribution in [3.05, 3.63) is 17.6 Å². The van der Waals surface area contributed by atoms with E-state index in [1.165, 1.54) is 4.62 Å². The Morgan fingerprint density at radius 3 is 3.00 bits per heavy atom. The van der Waals surface area contributed by atoms with Crippen LogP contribution in [-0.4, -0.2) is 9.97 Å². The Morgan fingerprint density at radius 1 is 1.54 bits per heavy atom. The van der Waals surface area contributed by atoms with E-state index in [9.17, 15) is 0 Å². The van der Waals surface area contributed by atoms with E-state index in [1.54, 1.807) is 11.3 Å². The third kappa shape index (κ3) is 1.69. The lowest BCUT2D eigenvalue weighted by molar-refractivity contribution is 1.03. The summed E-state index contributed by atoms with van der Waals surface area (Å²) in [7, 11) is 2.67. The Kier molecular flexibility index (Phi) is 2.50. The van der Waals surface area contributed by atoms with Crippen molar-refractivity contribution in [2.24, 2.45) is 0 Å². The van der Waals surface area contributed by atoms with Gasteiger partial charge in [0.15, 0.2) is 0 Å². The molecule has 0 aromatic carbocycles. The SMILES string of the molecule is Cc1nc(CCl)nc2sc(P)cc12. The summed E-state index contributed by atoms with van der Waals surface area (Å²) in [6.07, 6.45) is 0. The highest BCUT2D eigenvalue weighted by atomic mass is 35.5. The van der Waals surface area contributed by atoms with Gasteiger partial charge in [0.05, 0.1) is 5.88 Å². The number of aryl methyl sites for hydroxylation is 1. The number of halogens is 1. The van der Waals surface area contributed by atoms with Gasteiger partial charge in [0.25, 0.3) is 0 Å². The monoisotopic (exact) mass is 230 g/mol. The van der Waals surface area contributed by atoms with Crippen LogP contribution < -0.4 is 4.62 Å². The quantitative estimate of drug-likeness (QED) is 0.555. The zero-order valence-electron chi connectivity index (χ0n) is 7.04. The predicted octanol–water partition coefficient (Wildman–Crippen LogP) is 2.24. The molecule has 0 aliphatic heterocycles. The second-order valence-electron chi connectivity index (χ2n) is 2.73. The third-order valence-electron chi connectivity index (χ3n) is 1.77. The fourth-order valence-corrected chi connectivity index (χ4v) is 2.69. The van der Waals surface area contributed by atoms with E-state index in [4.69, 9.17) is 11.6 Å². The molecule has 1 atom stereocenters. The maximum atomic E-state index is 5.68. The Bertz CT molecular complexity index is 455. The largest absolute Gasteiger partial charge is 0.236 e. The molecule has 0 saturated heterocycles. The highest BCUT2D eigenvalue weighted by Crippen LogP contribution is 2.21. The van der Waals surface area contributed by atoms with Crippen LogP contribution in [0.15, 0.2) is 6.07 Å². The van der Waals surface area contributed by atoms with Crippen LogP contribution in [0.25, 0.3) is 10.2 Å². The standard InChI is InChI=1S/C8H8ClN2PS/c1-4-5-2-7(12)13-8(5)11-6(3-9)10-4/h2H,3,12H2,1H3. The maximum Gasteiger partial charge on any atom is 0.145 e. The predicted molar refractivity (Wildman–Crippen MR) is 61.1 cm³/mol. The van der Waals surface area contributed by atoms with Crippen LogP contribution in [0.2, 0.25) is 0 Å². The molecule has 13 heavy (non-hydrogen) atoms. The topological polar surface area (TPSA) is 25.8 Å². The second kappa shape index (κ2) is 3.49. The number of alkyl halides is 1. The first-order valence-corrected chi connectivity index (χ1v) is 5.72. The summed E-state index contributed by atoms with van der Waals surface area (Å²) in [6.45, 7) is 1.98. The van der Waals surface area contributed by atoms with Gasteiger partial charge in [-0.05, 0) is 13.0 Å². The number of hydrogen-bond acceptors (Lipinski definition) is 3. The van der Waals surface area contributed by atoms with E-state index in [2.05, 4.69) is 25.3 Å². The minimum Gasteiger partial charge on any atom is -0.236 e. The second-order valence-corrected chi connectivity index (χ2v) is 5.10. The number of nitrogens with zero attached hydrogens (tertiary/aromatic N) is 2. The summed E-state index contributed by atoms with van der Waals surface area (Å²) < 4.78 is 1.18. The molecule has 5 heteroatoms. The number of aromatic nitrogens is 2. The van der Waals surface area contributed by atoms with E-state index in [-0.39, 0.29) is 0 Å². The van der Waals surface area contributed by atoms with Crippen molar-refractivity contribution >= 4 is 47.0 Å². The number of fused-ring (bicyclic) bond motifs is 1. The van der Waals surface area contributed by atoms with E-state index in [0.717, 1.165) is 15.9 Å². The van der Waals surface area contributed by atoms with Crippen molar-refractivity contribution in [1.29, 1.82) is 0 Å². The molecule has 1 unspecified atom stereocenters. The van der Waals surface area contributed by atoms with Gasteiger partial charge in [-0.2, -0.15) is 0 Å². The van der Waals surface area contributed by atoms with E-state index in [1.807, 2.05) is 6.92 Å². The van der Waals surface area contributed by atoms with Crippen molar-refractivity contribution in [3.8, 4) is 0 Å². The summed E-state index contributed by atoms with van der Waals surface area (Å²) in [5.74, 6) is 1.08. The molecular weight excluding hydrogens is 223 g/mol. The fraction of sp³-hybridized carbons (Fsp3) is 0.250. The van der Waals surface area contributed by atoms with Gasteiger partial charge in [-0.25, -0.2) is 9.97 Å². The summed E-state index contributed by atoms with van der Waals surface area (Å²) >= 11 is 7.33. The first-order valence-electron chi connectivity index (χ1n) is 3.79. The normalized spacial score (nSPS) is 11.0. The van der Waals surface area contributed by atoms with Crippen LogP contribution >= 0.6 is 32.2 Å². The zero-order valence-corrected chi connectivity index (χ0v) is 9.77. The van der Waals surface area contributed by atoms with Crippen LogP contribution in [-0.2, 0) is 5.88 Å². The third-order valence-corrected chi connectivity index (χ3v) is 3.39. The fourth-order valence-electron chi connectivity index (χ4n) is 1.20. The van der Waals surface area contributed by atoms with Crippen molar-refractivity contribution in [2.75, 3.05) is 0 Å². The van der Waals surface area contributed by atoms with Gasteiger partial charge in [0.2, 0.25) is 0 Å². The van der Waals surface area contributed by atoms with Crippen LogP contribution in [0.3, 0.4) is 0 Å². The highest BCUT2D eigenvalue weighted by Gasteiger charge is 2.06. The van der Waals surface area contributed by atoms with Gasteiger partial charge in [-0.15, -0.1) is 22.9 Å². The minimum absolute atomic E-state index is 0.376. The average molecular weight is 231 g/mol. The number of thiophene rings is 1. The molecule has 2 heterocycles. The van der Waals surface area contributed by atoms with Crippen molar-refractivity contribution in [2.45, 2.75) is 12.8 Å². The minimum atomic E-state index is 0.376. The first-order chi connectivity index (χ1) is 6.20. The Labute approximate surface area is 87.6 Å². The van der Waals surface area contributed by atoms with Crippen LogP contribution in [0, 0.1) is 6.92 Å². The molecule has 0 fully saturated rings.